The SMILES string of the molecule is CCN(CCN1CCc2[nH]c(/C=C3\C(=O)Nc4ccc(F)cc43)c(C)c2C1=O)CC(C)C. The summed E-state index contributed by atoms with van der Waals surface area (Å²) in [7, 11) is 0. The Hall–Kier alpha value is -2.93. The lowest BCUT2D eigenvalue weighted by Crippen LogP contribution is -2.43. The van der Waals surface area contributed by atoms with E-state index in [1.165, 1.54) is 12.1 Å². The monoisotopic (exact) mass is 438 g/mol. The molecular formula is C25H31FN4O2. The van der Waals surface area contributed by atoms with Crippen LogP contribution in [0.1, 0.15) is 53.6 Å². The minimum absolute atomic E-state index is 0.0348. The summed E-state index contributed by atoms with van der Waals surface area (Å²) in [5.74, 6) is -0.0338. The maximum Gasteiger partial charge on any atom is 0.256 e. The summed E-state index contributed by atoms with van der Waals surface area (Å²) in [5.41, 5.74) is 4.70. The fourth-order valence-electron chi connectivity index (χ4n) is 4.63. The lowest BCUT2D eigenvalue weighted by Gasteiger charge is -2.30. The Morgan fingerprint density at radius 3 is 2.78 bits per heavy atom. The van der Waals surface area contributed by atoms with Gasteiger partial charge in [0.05, 0.1) is 11.1 Å². The maximum atomic E-state index is 13.8. The molecule has 0 fully saturated rings. The minimum atomic E-state index is -0.391. The fraction of sp³-hybridized carbons (Fsp3) is 0.440. The number of carbonyl (C=O) groups is 2. The number of likely N-dealkylation sites (N-methyl/N-ethyl adjacent to an activating group) is 1. The quantitative estimate of drug-likeness (QED) is 0.644. The van der Waals surface area contributed by atoms with E-state index < -0.39 is 5.82 Å². The van der Waals surface area contributed by atoms with Gasteiger partial charge in [0.2, 0.25) is 0 Å². The number of rotatable bonds is 7. The lowest BCUT2D eigenvalue weighted by atomic mass is 10.0. The number of anilines is 1. The van der Waals surface area contributed by atoms with Gasteiger partial charge in [0.1, 0.15) is 5.82 Å². The van der Waals surface area contributed by atoms with Crippen molar-refractivity contribution in [2.75, 3.05) is 38.0 Å². The van der Waals surface area contributed by atoms with Crippen LogP contribution in [0.2, 0.25) is 0 Å². The van der Waals surface area contributed by atoms with Gasteiger partial charge in [0.25, 0.3) is 11.8 Å². The van der Waals surface area contributed by atoms with Crippen LogP contribution in [0.3, 0.4) is 0 Å². The lowest BCUT2D eigenvalue weighted by molar-refractivity contribution is -0.110. The molecule has 2 aliphatic heterocycles. The Balaban J connectivity index is 1.57. The number of hydrogen-bond donors (Lipinski definition) is 2. The highest BCUT2D eigenvalue weighted by molar-refractivity contribution is 6.34. The van der Waals surface area contributed by atoms with Crippen molar-refractivity contribution in [1.29, 1.82) is 0 Å². The number of carbonyl (C=O) groups excluding carboxylic acids is 2. The molecule has 3 heterocycles. The summed E-state index contributed by atoms with van der Waals surface area (Å²) in [6.45, 7) is 12.7. The van der Waals surface area contributed by atoms with Gasteiger partial charge in [0.15, 0.2) is 0 Å². The Labute approximate surface area is 188 Å². The van der Waals surface area contributed by atoms with Crippen LogP contribution in [0.15, 0.2) is 18.2 Å². The molecule has 6 nitrogen and oxygen atoms in total. The van der Waals surface area contributed by atoms with E-state index in [-0.39, 0.29) is 11.8 Å². The highest BCUT2D eigenvalue weighted by Crippen LogP contribution is 2.35. The van der Waals surface area contributed by atoms with E-state index >= 15 is 0 Å². The molecule has 0 aliphatic carbocycles. The van der Waals surface area contributed by atoms with E-state index in [9.17, 15) is 14.0 Å². The number of fused-ring (bicyclic) bond motifs is 2. The highest BCUT2D eigenvalue weighted by atomic mass is 19.1. The van der Waals surface area contributed by atoms with Crippen LogP contribution in [0, 0.1) is 18.7 Å². The van der Waals surface area contributed by atoms with Crippen LogP contribution in [-0.4, -0.2) is 59.3 Å². The van der Waals surface area contributed by atoms with Crippen LogP contribution in [0.25, 0.3) is 11.6 Å². The average Bonchev–Trinajstić information content (AvgIpc) is 3.23. The second-order valence-corrected chi connectivity index (χ2v) is 9.05. The van der Waals surface area contributed by atoms with Crippen molar-refractivity contribution in [2.24, 2.45) is 5.92 Å². The molecule has 2 amide bonds. The molecule has 32 heavy (non-hydrogen) atoms. The van der Waals surface area contributed by atoms with E-state index in [4.69, 9.17) is 0 Å². The zero-order chi connectivity index (χ0) is 23.0. The zero-order valence-electron chi connectivity index (χ0n) is 19.2. The van der Waals surface area contributed by atoms with E-state index in [0.717, 1.165) is 43.0 Å². The first-order chi connectivity index (χ1) is 15.3. The van der Waals surface area contributed by atoms with Crippen LogP contribution >= 0.6 is 0 Å². The topological polar surface area (TPSA) is 68.4 Å². The number of benzene rings is 1. The molecule has 0 unspecified atom stereocenters. The molecule has 0 saturated heterocycles. The molecule has 0 atom stereocenters. The summed E-state index contributed by atoms with van der Waals surface area (Å²) in [5, 5.41) is 2.77. The van der Waals surface area contributed by atoms with Gasteiger partial charge in [-0.05, 0) is 49.2 Å². The molecule has 0 radical (unpaired) electrons. The third kappa shape index (κ3) is 4.21. The van der Waals surface area contributed by atoms with Crippen molar-refractivity contribution in [3.63, 3.8) is 0 Å². The molecule has 7 heteroatoms. The predicted molar refractivity (Wildman–Crippen MR) is 125 cm³/mol. The van der Waals surface area contributed by atoms with Crippen LogP contribution in [0.4, 0.5) is 10.1 Å². The number of aromatic amines is 1. The van der Waals surface area contributed by atoms with Gasteiger partial charge in [-0.15, -0.1) is 0 Å². The Morgan fingerprint density at radius 2 is 2.06 bits per heavy atom. The number of halogens is 1. The average molecular weight is 439 g/mol. The number of aromatic nitrogens is 1. The summed E-state index contributed by atoms with van der Waals surface area (Å²) in [4.78, 5) is 33.4. The molecule has 2 aromatic rings. The van der Waals surface area contributed by atoms with Gasteiger partial charge in [-0.1, -0.05) is 20.8 Å². The van der Waals surface area contributed by atoms with Gasteiger partial charge >= 0.3 is 0 Å². The third-order valence-electron chi connectivity index (χ3n) is 6.31. The molecule has 1 aromatic carbocycles. The first-order valence-corrected chi connectivity index (χ1v) is 11.3. The zero-order valence-corrected chi connectivity index (χ0v) is 19.2. The first-order valence-electron chi connectivity index (χ1n) is 11.3. The second-order valence-electron chi connectivity index (χ2n) is 9.05. The van der Waals surface area contributed by atoms with Crippen molar-refractivity contribution >= 4 is 29.2 Å². The Bertz CT molecular complexity index is 1090. The molecule has 0 saturated carbocycles. The van der Waals surface area contributed by atoms with Crippen molar-refractivity contribution < 1.29 is 14.0 Å². The van der Waals surface area contributed by atoms with E-state index in [1.807, 2.05) is 11.8 Å². The van der Waals surface area contributed by atoms with Crippen LogP contribution < -0.4 is 5.32 Å². The number of hydrogen-bond acceptors (Lipinski definition) is 3. The molecule has 0 spiro atoms. The molecule has 2 N–H and O–H groups in total. The van der Waals surface area contributed by atoms with Gasteiger partial charge in [-0.3, -0.25) is 9.59 Å². The van der Waals surface area contributed by atoms with Crippen molar-refractivity contribution in [1.82, 2.24) is 14.8 Å². The summed E-state index contributed by atoms with van der Waals surface area (Å²) < 4.78 is 13.8. The van der Waals surface area contributed by atoms with Gasteiger partial charge in [0, 0.05) is 55.2 Å². The Kier molecular flexibility index (Phi) is 6.20. The molecule has 2 aliphatic rings. The normalized spacial score (nSPS) is 16.8. The van der Waals surface area contributed by atoms with Crippen molar-refractivity contribution in [2.45, 2.75) is 34.1 Å². The molecular weight excluding hydrogens is 407 g/mol. The van der Waals surface area contributed by atoms with Gasteiger partial charge in [-0.2, -0.15) is 0 Å². The van der Waals surface area contributed by atoms with Gasteiger partial charge in [-0.25, -0.2) is 4.39 Å². The number of amides is 2. The van der Waals surface area contributed by atoms with Crippen molar-refractivity contribution in [3.05, 3.63) is 52.1 Å². The molecule has 4 rings (SSSR count). The second kappa shape index (κ2) is 8.90. The van der Waals surface area contributed by atoms with Gasteiger partial charge < -0.3 is 20.1 Å². The molecule has 170 valence electrons. The minimum Gasteiger partial charge on any atom is -0.358 e. The standard InChI is InChI=1S/C25H31FN4O2/c1-5-29(14-15(2)3)10-11-30-9-8-21-23(25(30)32)16(4)22(27-21)13-19-18-12-17(26)6-7-20(18)28-24(19)31/h6-7,12-13,15,27H,5,8-11,14H2,1-4H3,(H,28,31)/b19-13-. The maximum absolute atomic E-state index is 13.8. The number of nitrogens with one attached hydrogen (secondary N) is 2. The summed E-state index contributed by atoms with van der Waals surface area (Å²) in [6, 6.07) is 4.26. The predicted octanol–water partition coefficient (Wildman–Crippen LogP) is 3.93. The smallest absolute Gasteiger partial charge is 0.256 e. The number of nitrogens with zero attached hydrogens (tertiary/aromatic N) is 2. The summed E-state index contributed by atoms with van der Waals surface area (Å²) >= 11 is 0. The van der Waals surface area contributed by atoms with E-state index in [2.05, 4.69) is 36.0 Å². The van der Waals surface area contributed by atoms with E-state index in [1.54, 1.807) is 12.1 Å². The number of H-pyrrole nitrogens is 1. The molecule has 1 aromatic heterocycles. The van der Waals surface area contributed by atoms with Crippen LogP contribution in [-0.2, 0) is 11.2 Å². The highest BCUT2D eigenvalue weighted by Gasteiger charge is 2.30. The summed E-state index contributed by atoms with van der Waals surface area (Å²) in [6.07, 6.45) is 2.48. The Morgan fingerprint density at radius 1 is 1.28 bits per heavy atom. The first kappa shape index (κ1) is 22.3. The third-order valence-corrected chi connectivity index (χ3v) is 6.31. The fourth-order valence-corrected chi connectivity index (χ4v) is 4.63. The van der Waals surface area contributed by atoms with E-state index in [0.29, 0.717) is 41.4 Å². The largest absolute Gasteiger partial charge is 0.358 e. The molecule has 0 bridgehead atoms. The van der Waals surface area contributed by atoms with Crippen LogP contribution in [0.5, 0.6) is 0 Å². The van der Waals surface area contributed by atoms with Crippen molar-refractivity contribution in [3.8, 4) is 0 Å².